The number of piperidine rings is 1. The largest absolute Gasteiger partial charge is 0.332 e. The summed E-state index contributed by atoms with van der Waals surface area (Å²) in [5.74, 6) is 0.0700. The van der Waals surface area contributed by atoms with Crippen molar-refractivity contribution in [3.63, 3.8) is 0 Å². The summed E-state index contributed by atoms with van der Waals surface area (Å²) in [5.41, 5.74) is 4.79. The Labute approximate surface area is 119 Å². The van der Waals surface area contributed by atoms with Gasteiger partial charge in [-0.2, -0.15) is 0 Å². The highest BCUT2D eigenvalue weighted by molar-refractivity contribution is 7.80. The van der Waals surface area contributed by atoms with Gasteiger partial charge in [-0.1, -0.05) is 6.42 Å². The average molecular weight is 277 g/mol. The molecule has 0 radical (unpaired) electrons. The van der Waals surface area contributed by atoms with E-state index in [1.54, 1.807) is 19.1 Å². The number of nitrogens with one attached hydrogen (secondary N) is 2. The smallest absolute Gasteiger partial charge is 0.185 e. The summed E-state index contributed by atoms with van der Waals surface area (Å²) in [6.07, 6.45) is 3.72. The van der Waals surface area contributed by atoms with Crippen LogP contribution in [0.2, 0.25) is 0 Å². The molecular weight excluding hydrogens is 258 g/mol. The molecule has 0 saturated carbocycles. The Hall–Kier alpha value is -1.46. The number of carbonyl (C=O) groups excluding carboxylic acids is 1. The zero-order valence-corrected chi connectivity index (χ0v) is 11.9. The lowest BCUT2D eigenvalue weighted by molar-refractivity contribution is 0.101. The molecule has 19 heavy (non-hydrogen) atoms. The third kappa shape index (κ3) is 4.29. The normalized spacial score (nSPS) is 15.8. The first kappa shape index (κ1) is 14.0. The fraction of sp³-hybridized carbons (Fsp3) is 0.429. The molecule has 1 aliphatic rings. The minimum atomic E-state index is 0.0700. The van der Waals surface area contributed by atoms with Crippen LogP contribution in [0.1, 0.15) is 36.5 Å². The highest BCUT2D eigenvalue weighted by Crippen LogP contribution is 2.10. The van der Waals surface area contributed by atoms with Crippen LogP contribution in [0, 0.1) is 0 Å². The van der Waals surface area contributed by atoms with Crippen molar-refractivity contribution in [3.05, 3.63) is 29.8 Å². The van der Waals surface area contributed by atoms with Gasteiger partial charge in [0.2, 0.25) is 0 Å². The van der Waals surface area contributed by atoms with Crippen LogP contribution in [0.3, 0.4) is 0 Å². The monoisotopic (exact) mass is 277 g/mol. The van der Waals surface area contributed by atoms with E-state index in [-0.39, 0.29) is 5.78 Å². The second-order valence-electron chi connectivity index (χ2n) is 4.75. The highest BCUT2D eigenvalue weighted by atomic mass is 32.1. The summed E-state index contributed by atoms with van der Waals surface area (Å²) in [5, 5.41) is 5.86. The third-order valence-corrected chi connectivity index (χ3v) is 3.36. The molecule has 0 unspecified atom stereocenters. The van der Waals surface area contributed by atoms with Gasteiger partial charge in [-0.25, -0.2) is 5.01 Å². The van der Waals surface area contributed by atoms with Crippen LogP contribution in [-0.2, 0) is 0 Å². The summed E-state index contributed by atoms with van der Waals surface area (Å²) in [7, 11) is 0. The van der Waals surface area contributed by atoms with Gasteiger partial charge in [-0.3, -0.25) is 10.2 Å². The predicted octanol–water partition coefficient (Wildman–Crippen LogP) is 2.58. The molecule has 1 aromatic carbocycles. The summed E-state index contributed by atoms with van der Waals surface area (Å²) in [6, 6.07) is 7.32. The Morgan fingerprint density at radius 1 is 1.16 bits per heavy atom. The fourth-order valence-electron chi connectivity index (χ4n) is 2.10. The fourth-order valence-corrected chi connectivity index (χ4v) is 2.34. The quantitative estimate of drug-likeness (QED) is 0.657. The number of hydrazine groups is 1. The van der Waals surface area contributed by atoms with Crippen molar-refractivity contribution in [2.75, 3.05) is 18.4 Å². The number of ketones is 1. The Kier molecular flexibility index (Phi) is 4.87. The number of thiocarbonyl (C=S) groups is 1. The van der Waals surface area contributed by atoms with Crippen molar-refractivity contribution in [1.29, 1.82) is 0 Å². The molecule has 0 bridgehead atoms. The molecule has 1 aliphatic heterocycles. The lowest BCUT2D eigenvalue weighted by atomic mass is 10.1. The molecule has 0 amide bonds. The topological polar surface area (TPSA) is 44.4 Å². The molecule has 5 heteroatoms. The van der Waals surface area contributed by atoms with E-state index in [4.69, 9.17) is 12.2 Å². The molecule has 0 aliphatic carbocycles. The van der Waals surface area contributed by atoms with E-state index < -0.39 is 0 Å². The number of anilines is 1. The molecule has 0 aromatic heterocycles. The van der Waals surface area contributed by atoms with Crippen LogP contribution in [0.15, 0.2) is 24.3 Å². The number of nitrogens with zero attached hydrogens (tertiary/aromatic N) is 1. The lowest BCUT2D eigenvalue weighted by Gasteiger charge is -2.28. The van der Waals surface area contributed by atoms with Gasteiger partial charge < -0.3 is 5.32 Å². The van der Waals surface area contributed by atoms with Gasteiger partial charge in [-0.05, 0) is 56.2 Å². The van der Waals surface area contributed by atoms with Crippen LogP contribution in [-0.4, -0.2) is 29.0 Å². The predicted molar refractivity (Wildman–Crippen MR) is 81.2 cm³/mol. The summed E-state index contributed by atoms with van der Waals surface area (Å²) >= 11 is 5.27. The maximum Gasteiger partial charge on any atom is 0.185 e. The van der Waals surface area contributed by atoms with Crippen LogP contribution >= 0.6 is 12.2 Å². The van der Waals surface area contributed by atoms with E-state index in [0.29, 0.717) is 10.7 Å². The van der Waals surface area contributed by atoms with Gasteiger partial charge in [0.25, 0.3) is 0 Å². The number of rotatable bonds is 3. The summed E-state index contributed by atoms with van der Waals surface area (Å²) in [6.45, 7) is 3.63. The molecule has 0 spiro atoms. The second kappa shape index (κ2) is 6.63. The standard InChI is InChI=1S/C14H19N3OS/c1-11(18)12-5-7-13(8-6-12)15-14(19)16-17-9-3-2-4-10-17/h5-8H,2-4,9-10H2,1H3,(H2,15,16,19). The van der Waals surface area contributed by atoms with Gasteiger partial charge in [0.05, 0.1) is 0 Å². The third-order valence-electron chi connectivity index (χ3n) is 3.17. The Bertz CT molecular complexity index is 452. The molecule has 4 nitrogen and oxygen atoms in total. The van der Waals surface area contributed by atoms with Gasteiger partial charge in [0.1, 0.15) is 0 Å². The first-order chi connectivity index (χ1) is 9.15. The molecule has 1 fully saturated rings. The van der Waals surface area contributed by atoms with E-state index >= 15 is 0 Å². The molecular formula is C14H19N3OS. The minimum Gasteiger partial charge on any atom is -0.332 e. The number of benzene rings is 1. The maximum atomic E-state index is 11.2. The molecule has 1 aromatic rings. The van der Waals surface area contributed by atoms with Crippen molar-refractivity contribution < 1.29 is 4.79 Å². The number of hydrogen-bond acceptors (Lipinski definition) is 3. The van der Waals surface area contributed by atoms with E-state index in [1.165, 1.54) is 19.3 Å². The first-order valence-electron chi connectivity index (χ1n) is 6.59. The summed E-state index contributed by atoms with van der Waals surface area (Å²) in [4.78, 5) is 11.2. The van der Waals surface area contributed by atoms with Crippen molar-refractivity contribution in [2.45, 2.75) is 26.2 Å². The van der Waals surface area contributed by atoms with Crippen LogP contribution in [0.25, 0.3) is 0 Å². The molecule has 2 rings (SSSR count). The minimum absolute atomic E-state index is 0.0700. The average Bonchev–Trinajstić information content (AvgIpc) is 2.40. The number of carbonyl (C=O) groups is 1. The number of hydrogen-bond donors (Lipinski definition) is 2. The van der Waals surface area contributed by atoms with Crippen molar-refractivity contribution >= 4 is 28.8 Å². The molecule has 102 valence electrons. The van der Waals surface area contributed by atoms with Crippen molar-refractivity contribution in [3.8, 4) is 0 Å². The zero-order chi connectivity index (χ0) is 13.7. The van der Waals surface area contributed by atoms with Gasteiger partial charge in [0.15, 0.2) is 10.9 Å². The Balaban J connectivity index is 1.85. The summed E-state index contributed by atoms with van der Waals surface area (Å²) < 4.78 is 0. The maximum absolute atomic E-state index is 11.2. The molecule has 1 saturated heterocycles. The van der Waals surface area contributed by atoms with Crippen molar-refractivity contribution in [1.82, 2.24) is 10.4 Å². The SMILES string of the molecule is CC(=O)c1ccc(NC(=S)NN2CCCCC2)cc1. The van der Waals surface area contributed by atoms with Gasteiger partial charge in [0, 0.05) is 24.3 Å². The molecule has 1 heterocycles. The van der Waals surface area contributed by atoms with Crippen LogP contribution in [0.4, 0.5) is 5.69 Å². The first-order valence-corrected chi connectivity index (χ1v) is 6.99. The second-order valence-corrected chi connectivity index (χ2v) is 5.16. The van der Waals surface area contributed by atoms with Gasteiger partial charge in [-0.15, -0.1) is 0 Å². The Morgan fingerprint density at radius 3 is 2.37 bits per heavy atom. The van der Waals surface area contributed by atoms with E-state index in [0.717, 1.165) is 18.8 Å². The van der Waals surface area contributed by atoms with Gasteiger partial charge >= 0.3 is 0 Å². The van der Waals surface area contributed by atoms with E-state index in [2.05, 4.69) is 15.8 Å². The number of Topliss-reactive ketones (excluding diaryl/α,β-unsaturated/α-hetero) is 1. The van der Waals surface area contributed by atoms with E-state index in [1.807, 2.05) is 12.1 Å². The molecule has 0 atom stereocenters. The zero-order valence-electron chi connectivity index (χ0n) is 11.1. The van der Waals surface area contributed by atoms with E-state index in [9.17, 15) is 4.79 Å². The Morgan fingerprint density at radius 2 is 1.79 bits per heavy atom. The highest BCUT2D eigenvalue weighted by Gasteiger charge is 2.10. The van der Waals surface area contributed by atoms with Crippen molar-refractivity contribution in [2.24, 2.45) is 0 Å². The van der Waals surface area contributed by atoms with Crippen LogP contribution in [0.5, 0.6) is 0 Å². The molecule has 2 N–H and O–H groups in total. The van der Waals surface area contributed by atoms with Crippen LogP contribution < -0.4 is 10.7 Å². The lowest BCUT2D eigenvalue weighted by Crippen LogP contribution is -2.46.